The van der Waals surface area contributed by atoms with Gasteiger partial charge >= 0.3 is 0 Å². The summed E-state index contributed by atoms with van der Waals surface area (Å²) in [7, 11) is 0. The van der Waals surface area contributed by atoms with Gasteiger partial charge in [0.05, 0.1) is 0 Å². The van der Waals surface area contributed by atoms with Crippen molar-refractivity contribution in [2.45, 2.75) is 18.9 Å². The summed E-state index contributed by atoms with van der Waals surface area (Å²) in [6.45, 7) is 1.30. The highest BCUT2D eigenvalue weighted by Crippen LogP contribution is 2.36. The molecule has 14 heavy (non-hydrogen) atoms. The summed E-state index contributed by atoms with van der Waals surface area (Å²) in [6, 6.07) is 4.43. The highest BCUT2D eigenvalue weighted by atomic mass is 16.6. The zero-order valence-corrected chi connectivity index (χ0v) is 7.95. The van der Waals surface area contributed by atoms with Crippen molar-refractivity contribution in [3.05, 3.63) is 23.3 Å². The highest BCUT2D eigenvalue weighted by Gasteiger charge is 2.22. The van der Waals surface area contributed by atoms with Crippen molar-refractivity contribution in [3.8, 4) is 11.5 Å². The van der Waals surface area contributed by atoms with E-state index in [-0.39, 0.29) is 6.04 Å². The van der Waals surface area contributed by atoms with Crippen LogP contribution in [-0.2, 0) is 12.8 Å². The predicted octanol–water partition coefficient (Wildman–Crippen LogP) is 0.884. The molecular formula is C11H13NO2. The van der Waals surface area contributed by atoms with Gasteiger partial charge in [0.25, 0.3) is 0 Å². The van der Waals surface area contributed by atoms with Crippen LogP contribution in [0, 0.1) is 0 Å². The van der Waals surface area contributed by atoms with Crippen molar-refractivity contribution in [3.63, 3.8) is 0 Å². The Kier molecular flexibility index (Phi) is 1.67. The SMILES string of the molecule is NC1Cc2cc3c(cc2C1)OCCO3. The van der Waals surface area contributed by atoms with Crippen LogP contribution in [0.4, 0.5) is 0 Å². The summed E-state index contributed by atoms with van der Waals surface area (Å²) in [5.41, 5.74) is 8.54. The van der Waals surface area contributed by atoms with Crippen LogP contribution in [0.1, 0.15) is 11.1 Å². The van der Waals surface area contributed by atoms with Crippen molar-refractivity contribution >= 4 is 0 Å². The largest absolute Gasteiger partial charge is 0.486 e. The molecule has 0 saturated heterocycles. The van der Waals surface area contributed by atoms with Gasteiger partial charge in [-0.25, -0.2) is 0 Å². The molecule has 2 N–H and O–H groups in total. The van der Waals surface area contributed by atoms with E-state index in [0.717, 1.165) is 24.3 Å². The molecule has 0 fully saturated rings. The number of benzene rings is 1. The smallest absolute Gasteiger partial charge is 0.161 e. The monoisotopic (exact) mass is 191 g/mol. The normalized spacial score (nSPS) is 19.5. The first-order valence-electron chi connectivity index (χ1n) is 5.00. The Hall–Kier alpha value is -1.22. The molecule has 0 spiro atoms. The molecule has 1 aliphatic heterocycles. The maximum Gasteiger partial charge on any atom is 0.161 e. The number of hydrogen-bond donors (Lipinski definition) is 1. The quantitative estimate of drug-likeness (QED) is 0.662. The van der Waals surface area contributed by atoms with E-state index >= 15 is 0 Å². The first-order valence-corrected chi connectivity index (χ1v) is 5.00. The molecule has 0 saturated carbocycles. The molecule has 0 aromatic heterocycles. The molecule has 0 bridgehead atoms. The van der Waals surface area contributed by atoms with E-state index in [1.807, 2.05) is 0 Å². The summed E-state index contributed by atoms with van der Waals surface area (Å²) in [5.74, 6) is 1.76. The second kappa shape index (κ2) is 2.89. The topological polar surface area (TPSA) is 44.5 Å². The molecule has 1 heterocycles. The van der Waals surface area contributed by atoms with E-state index in [1.165, 1.54) is 11.1 Å². The maximum atomic E-state index is 5.90. The van der Waals surface area contributed by atoms with Crippen LogP contribution in [0.5, 0.6) is 11.5 Å². The summed E-state index contributed by atoms with van der Waals surface area (Å²) in [4.78, 5) is 0. The van der Waals surface area contributed by atoms with Gasteiger partial charge in [-0.15, -0.1) is 0 Å². The number of ether oxygens (including phenoxy) is 2. The minimum absolute atomic E-state index is 0.272. The third kappa shape index (κ3) is 1.16. The molecule has 1 aromatic rings. The van der Waals surface area contributed by atoms with Crippen LogP contribution in [0.25, 0.3) is 0 Å². The minimum atomic E-state index is 0.272. The highest BCUT2D eigenvalue weighted by molar-refractivity contribution is 5.50. The number of fused-ring (bicyclic) bond motifs is 2. The van der Waals surface area contributed by atoms with Gasteiger partial charge in [-0.2, -0.15) is 0 Å². The van der Waals surface area contributed by atoms with Gasteiger partial charge in [0, 0.05) is 6.04 Å². The molecule has 0 amide bonds. The van der Waals surface area contributed by atoms with Crippen molar-refractivity contribution in [1.82, 2.24) is 0 Å². The van der Waals surface area contributed by atoms with E-state index in [9.17, 15) is 0 Å². The lowest BCUT2D eigenvalue weighted by Gasteiger charge is -2.19. The predicted molar refractivity (Wildman–Crippen MR) is 52.8 cm³/mol. The summed E-state index contributed by atoms with van der Waals surface area (Å²) in [5, 5.41) is 0. The molecule has 1 aliphatic carbocycles. The second-order valence-electron chi connectivity index (χ2n) is 3.93. The van der Waals surface area contributed by atoms with Crippen molar-refractivity contribution < 1.29 is 9.47 Å². The van der Waals surface area contributed by atoms with E-state index in [4.69, 9.17) is 15.2 Å². The van der Waals surface area contributed by atoms with Crippen LogP contribution in [0.15, 0.2) is 12.1 Å². The molecule has 3 heteroatoms. The summed E-state index contributed by atoms with van der Waals surface area (Å²) >= 11 is 0. The van der Waals surface area contributed by atoms with Gasteiger partial charge in [0.2, 0.25) is 0 Å². The maximum absolute atomic E-state index is 5.90. The van der Waals surface area contributed by atoms with Crippen molar-refractivity contribution in [2.75, 3.05) is 13.2 Å². The molecule has 2 aliphatic rings. The average molecular weight is 191 g/mol. The van der Waals surface area contributed by atoms with Crippen molar-refractivity contribution in [2.24, 2.45) is 5.73 Å². The van der Waals surface area contributed by atoms with Crippen LogP contribution in [0.2, 0.25) is 0 Å². The number of nitrogens with two attached hydrogens (primary N) is 1. The lowest BCUT2D eigenvalue weighted by Crippen LogP contribution is -2.18. The molecule has 3 nitrogen and oxygen atoms in total. The fourth-order valence-corrected chi connectivity index (χ4v) is 2.19. The number of hydrogen-bond acceptors (Lipinski definition) is 3. The fraction of sp³-hybridized carbons (Fsp3) is 0.455. The molecule has 0 radical (unpaired) electrons. The summed E-state index contributed by atoms with van der Waals surface area (Å²) in [6.07, 6.45) is 1.93. The first-order chi connectivity index (χ1) is 6.83. The Labute approximate surface area is 82.8 Å². The second-order valence-corrected chi connectivity index (χ2v) is 3.93. The third-order valence-electron chi connectivity index (χ3n) is 2.83. The minimum Gasteiger partial charge on any atom is -0.486 e. The van der Waals surface area contributed by atoms with Gasteiger partial charge in [-0.1, -0.05) is 0 Å². The van der Waals surface area contributed by atoms with E-state index in [0.29, 0.717) is 13.2 Å². The van der Waals surface area contributed by atoms with Crippen LogP contribution in [-0.4, -0.2) is 19.3 Å². The van der Waals surface area contributed by atoms with Gasteiger partial charge in [-0.05, 0) is 36.1 Å². The Morgan fingerprint density at radius 1 is 1.00 bits per heavy atom. The van der Waals surface area contributed by atoms with E-state index in [1.54, 1.807) is 0 Å². The standard InChI is InChI=1S/C11H13NO2/c12-9-3-7-5-10-11(6-8(7)4-9)14-2-1-13-10/h5-6,9H,1-4,12H2. The third-order valence-corrected chi connectivity index (χ3v) is 2.83. The zero-order chi connectivity index (χ0) is 9.54. The fourth-order valence-electron chi connectivity index (χ4n) is 2.19. The van der Waals surface area contributed by atoms with Gasteiger partial charge in [-0.3, -0.25) is 0 Å². The van der Waals surface area contributed by atoms with E-state index in [2.05, 4.69) is 12.1 Å². The Bertz CT molecular complexity index is 341. The van der Waals surface area contributed by atoms with Gasteiger partial charge < -0.3 is 15.2 Å². The summed E-state index contributed by atoms with van der Waals surface area (Å²) < 4.78 is 11.0. The molecule has 0 unspecified atom stereocenters. The molecule has 74 valence electrons. The molecular weight excluding hydrogens is 178 g/mol. The Morgan fingerprint density at radius 3 is 2.00 bits per heavy atom. The Morgan fingerprint density at radius 2 is 1.50 bits per heavy atom. The van der Waals surface area contributed by atoms with Crippen LogP contribution >= 0.6 is 0 Å². The average Bonchev–Trinajstić information content (AvgIpc) is 2.53. The first kappa shape index (κ1) is 8.12. The van der Waals surface area contributed by atoms with Gasteiger partial charge in [0.15, 0.2) is 11.5 Å². The lowest BCUT2D eigenvalue weighted by atomic mass is 10.1. The van der Waals surface area contributed by atoms with E-state index < -0.39 is 0 Å². The lowest BCUT2D eigenvalue weighted by molar-refractivity contribution is 0.171. The molecule has 1 aromatic carbocycles. The van der Waals surface area contributed by atoms with Crippen molar-refractivity contribution in [1.29, 1.82) is 0 Å². The van der Waals surface area contributed by atoms with Gasteiger partial charge in [0.1, 0.15) is 13.2 Å². The molecule has 0 atom stereocenters. The van der Waals surface area contributed by atoms with Crippen LogP contribution < -0.4 is 15.2 Å². The van der Waals surface area contributed by atoms with Crippen LogP contribution in [0.3, 0.4) is 0 Å². The Balaban J connectivity index is 2.06. The number of rotatable bonds is 0. The zero-order valence-electron chi connectivity index (χ0n) is 7.95. The molecule has 3 rings (SSSR count).